The molecule has 0 aromatic heterocycles. The molecule has 12 heavy (non-hydrogen) atoms. The Labute approximate surface area is 72.7 Å². The number of amides is 1. The molecule has 1 rings (SSSR count). The molecule has 1 fully saturated rings. The normalized spacial score (nSPS) is 30.0. The van der Waals surface area contributed by atoms with Crippen LogP contribution in [0.15, 0.2) is 12.7 Å². The van der Waals surface area contributed by atoms with E-state index < -0.39 is 5.60 Å². The molecule has 0 aromatic carbocycles. The number of carbonyl (C=O) groups excluding carboxylic acids is 1. The van der Waals surface area contributed by atoms with Crippen molar-refractivity contribution < 1.29 is 9.90 Å². The molecule has 0 saturated carbocycles. The van der Waals surface area contributed by atoms with Gasteiger partial charge in [-0.05, 0) is 25.8 Å². The van der Waals surface area contributed by atoms with E-state index >= 15 is 0 Å². The number of hydrogen-bond donors (Lipinski definition) is 1. The van der Waals surface area contributed by atoms with Gasteiger partial charge in [0.15, 0.2) is 0 Å². The number of rotatable bonds is 1. The molecule has 0 spiro atoms. The van der Waals surface area contributed by atoms with E-state index in [2.05, 4.69) is 6.58 Å². The Bertz CT molecular complexity index is 199. The summed E-state index contributed by atoms with van der Waals surface area (Å²) in [6.45, 7) is 6.34. The summed E-state index contributed by atoms with van der Waals surface area (Å²) in [5.41, 5.74) is -0.711. The molecule has 0 aliphatic carbocycles. The van der Waals surface area contributed by atoms with Crippen LogP contribution in [-0.4, -0.2) is 34.6 Å². The molecule has 1 aliphatic heterocycles. The molecule has 1 atom stereocenters. The zero-order valence-electron chi connectivity index (χ0n) is 7.42. The lowest BCUT2D eigenvalue weighted by Gasteiger charge is -2.36. The standard InChI is InChI=1S/C9H15NO2/c1-3-8(11)10-6-4-5-9(2,12)7-10/h3,12H,1,4-7H2,2H3. The maximum absolute atomic E-state index is 11.2. The van der Waals surface area contributed by atoms with Gasteiger partial charge in [-0.15, -0.1) is 0 Å². The minimum atomic E-state index is -0.711. The average Bonchev–Trinajstić information content (AvgIpc) is 2.01. The predicted octanol–water partition coefficient (Wildman–Crippen LogP) is 0.546. The maximum atomic E-state index is 11.2. The van der Waals surface area contributed by atoms with Gasteiger partial charge in [0, 0.05) is 13.1 Å². The van der Waals surface area contributed by atoms with E-state index in [1.165, 1.54) is 6.08 Å². The van der Waals surface area contributed by atoms with Crippen LogP contribution in [0.25, 0.3) is 0 Å². The summed E-state index contributed by atoms with van der Waals surface area (Å²) in [5, 5.41) is 9.66. The fourth-order valence-corrected chi connectivity index (χ4v) is 1.54. The molecule has 1 amide bonds. The van der Waals surface area contributed by atoms with Crippen LogP contribution in [0.3, 0.4) is 0 Å². The Hall–Kier alpha value is -0.830. The molecule has 0 radical (unpaired) electrons. The SMILES string of the molecule is C=CC(=O)N1CCCC(C)(O)C1. The largest absolute Gasteiger partial charge is 0.388 e. The summed E-state index contributed by atoms with van der Waals surface area (Å²) < 4.78 is 0. The van der Waals surface area contributed by atoms with E-state index in [1.54, 1.807) is 11.8 Å². The van der Waals surface area contributed by atoms with Crippen molar-refractivity contribution in [3.05, 3.63) is 12.7 Å². The maximum Gasteiger partial charge on any atom is 0.246 e. The average molecular weight is 169 g/mol. The highest BCUT2D eigenvalue weighted by Crippen LogP contribution is 2.20. The van der Waals surface area contributed by atoms with E-state index in [0.29, 0.717) is 6.54 Å². The van der Waals surface area contributed by atoms with Gasteiger partial charge in [0.25, 0.3) is 0 Å². The second kappa shape index (κ2) is 3.27. The number of carbonyl (C=O) groups is 1. The van der Waals surface area contributed by atoms with E-state index in [4.69, 9.17) is 0 Å². The van der Waals surface area contributed by atoms with Gasteiger partial charge in [-0.2, -0.15) is 0 Å². The van der Waals surface area contributed by atoms with Crippen LogP contribution in [0.2, 0.25) is 0 Å². The van der Waals surface area contributed by atoms with Gasteiger partial charge in [0.2, 0.25) is 5.91 Å². The Morgan fingerprint density at radius 2 is 2.42 bits per heavy atom. The van der Waals surface area contributed by atoms with Crippen molar-refractivity contribution in [2.24, 2.45) is 0 Å². The van der Waals surface area contributed by atoms with Crippen molar-refractivity contribution in [2.75, 3.05) is 13.1 Å². The van der Waals surface area contributed by atoms with Crippen LogP contribution >= 0.6 is 0 Å². The highest BCUT2D eigenvalue weighted by atomic mass is 16.3. The van der Waals surface area contributed by atoms with E-state index in [1.807, 2.05) is 0 Å². The lowest BCUT2D eigenvalue weighted by Crippen LogP contribution is -2.48. The molecule has 1 N–H and O–H groups in total. The third kappa shape index (κ3) is 2.08. The lowest BCUT2D eigenvalue weighted by atomic mass is 9.95. The number of likely N-dealkylation sites (tertiary alicyclic amines) is 1. The summed E-state index contributed by atoms with van der Waals surface area (Å²) in [4.78, 5) is 12.8. The number of piperidine rings is 1. The lowest BCUT2D eigenvalue weighted by molar-refractivity contribution is -0.132. The van der Waals surface area contributed by atoms with E-state index in [0.717, 1.165) is 19.4 Å². The first-order valence-corrected chi connectivity index (χ1v) is 4.19. The van der Waals surface area contributed by atoms with Crippen LogP contribution in [0, 0.1) is 0 Å². The molecular formula is C9H15NO2. The number of hydrogen-bond acceptors (Lipinski definition) is 2. The number of nitrogens with zero attached hydrogens (tertiary/aromatic N) is 1. The smallest absolute Gasteiger partial charge is 0.246 e. The van der Waals surface area contributed by atoms with Gasteiger partial charge in [-0.1, -0.05) is 6.58 Å². The molecule has 0 aromatic rings. The van der Waals surface area contributed by atoms with Crippen LogP contribution in [0.4, 0.5) is 0 Å². The minimum Gasteiger partial charge on any atom is -0.388 e. The molecule has 68 valence electrons. The van der Waals surface area contributed by atoms with Crippen LogP contribution < -0.4 is 0 Å². The Kier molecular flexibility index (Phi) is 2.52. The number of β-amino-alcohol motifs (C(OH)–C–C–N with tert-alkyl or cyclic N) is 1. The second-order valence-electron chi connectivity index (χ2n) is 3.56. The fraction of sp³-hybridized carbons (Fsp3) is 0.667. The summed E-state index contributed by atoms with van der Waals surface area (Å²) >= 11 is 0. The summed E-state index contributed by atoms with van der Waals surface area (Å²) in [7, 11) is 0. The summed E-state index contributed by atoms with van der Waals surface area (Å²) in [6.07, 6.45) is 2.93. The molecule has 3 nitrogen and oxygen atoms in total. The quantitative estimate of drug-likeness (QED) is 0.582. The molecule has 1 unspecified atom stereocenters. The third-order valence-corrected chi connectivity index (χ3v) is 2.16. The third-order valence-electron chi connectivity index (χ3n) is 2.16. The van der Waals surface area contributed by atoms with Crippen molar-refractivity contribution in [2.45, 2.75) is 25.4 Å². The first-order valence-electron chi connectivity index (χ1n) is 4.19. The van der Waals surface area contributed by atoms with Crippen molar-refractivity contribution in [1.29, 1.82) is 0 Å². The summed E-state index contributed by atoms with van der Waals surface area (Å²) in [5.74, 6) is -0.0880. The highest BCUT2D eigenvalue weighted by Gasteiger charge is 2.29. The van der Waals surface area contributed by atoms with Crippen LogP contribution in [0.1, 0.15) is 19.8 Å². The fourth-order valence-electron chi connectivity index (χ4n) is 1.54. The molecule has 1 heterocycles. The molecular weight excluding hydrogens is 154 g/mol. The van der Waals surface area contributed by atoms with E-state index in [-0.39, 0.29) is 5.91 Å². The predicted molar refractivity (Wildman–Crippen MR) is 46.6 cm³/mol. The van der Waals surface area contributed by atoms with E-state index in [9.17, 15) is 9.90 Å². The van der Waals surface area contributed by atoms with Gasteiger partial charge >= 0.3 is 0 Å². The Morgan fingerprint density at radius 1 is 1.75 bits per heavy atom. The molecule has 3 heteroatoms. The zero-order chi connectivity index (χ0) is 9.19. The van der Waals surface area contributed by atoms with Gasteiger partial charge < -0.3 is 10.0 Å². The van der Waals surface area contributed by atoms with Gasteiger partial charge in [0.1, 0.15) is 0 Å². The second-order valence-corrected chi connectivity index (χ2v) is 3.56. The highest BCUT2D eigenvalue weighted by molar-refractivity contribution is 5.87. The van der Waals surface area contributed by atoms with Crippen LogP contribution in [-0.2, 0) is 4.79 Å². The van der Waals surface area contributed by atoms with Crippen molar-refractivity contribution in [3.63, 3.8) is 0 Å². The number of aliphatic hydroxyl groups is 1. The van der Waals surface area contributed by atoms with Crippen molar-refractivity contribution >= 4 is 5.91 Å². The molecule has 1 aliphatic rings. The van der Waals surface area contributed by atoms with Gasteiger partial charge in [-0.3, -0.25) is 4.79 Å². The monoisotopic (exact) mass is 169 g/mol. The zero-order valence-corrected chi connectivity index (χ0v) is 7.42. The molecule has 1 saturated heterocycles. The minimum absolute atomic E-state index is 0.0880. The molecule has 0 bridgehead atoms. The van der Waals surface area contributed by atoms with Crippen LogP contribution in [0.5, 0.6) is 0 Å². The van der Waals surface area contributed by atoms with Gasteiger partial charge in [-0.25, -0.2) is 0 Å². The summed E-state index contributed by atoms with van der Waals surface area (Å²) in [6, 6.07) is 0. The van der Waals surface area contributed by atoms with Gasteiger partial charge in [0.05, 0.1) is 5.60 Å². The first-order chi connectivity index (χ1) is 5.55. The van der Waals surface area contributed by atoms with Crippen molar-refractivity contribution in [3.8, 4) is 0 Å². The first kappa shape index (κ1) is 9.26. The Balaban J connectivity index is 2.57. The Morgan fingerprint density at radius 3 is 2.92 bits per heavy atom. The topological polar surface area (TPSA) is 40.5 Å². The van der Waals surface area contributed by atoms with Crippen molar-refractivity contribution in [1.82, 2.24) is 4.90 Å².